The van der Waals surface area contributed by atoms with Crippen molar-refractivity contribution in [1.29, 1.82) is 0 Å². The summed E-state index contributed by atoms with van der Waals surface area (Å²) >= 11 is 0. The van der Waals surface area contributed by atoms with Crippen LogP contribution in [0.4, 0.5) is 17.1 Å². The zero-order chi connectivity index (χ0) is 20.9. The largest absolute Gasteiger partial charge is 0.369 e. The number of amides is 2. The molecule has 158 valence electrons. The standard InChI is InChI=1S/C24H30N4O2/c1-2-27-13-15-28(16-14-27)21-10-8-20(9-11-21)25-23(29)12-7-19-17-18-5-3-4-6-22(18)26-24(19)30/h3-6,8-11,19H,2,7,12-17H2,1H3,(H,25,29)(H,26,30). The summed E-state index contributed by atoms with van der Waals surface area (Å²) in [6, 6.07) is 15.9. The molecule has 0 bridgehead atoms. The van der Waals surface area contributed by atoms with E-state index < -0.39 is 0 Å². The molecule has 1 atom stereocenters. The van der Waals surface area contributed by atoms with Crippen LogP contribution < -0.4 is 15.5 Å². The third kappa shape index (κ3) is 4.82. The van der Waals surface area contributed by atoms with Crippen LogP contribution in [0.15, 0.2) is 48.5 Å². The predicted molar refractivity (Wildman–Crippen MR) is 121 cm³/mol. The molecular formula is C24H30N4O2. The minimum Gasteiger partial charge on any atom is -0.369 e. The van der Waals surface area contributed by atoms with Crippen LogP contribution in [0, 0.1) is 5.92 Å². The first kappa shape index (κ1) is 20.4. The first-order valence-corrected chi connectivity index (χ1v) is 10.9. The van der Waals surface area contributed by atoms with Crippen molar-refractivity contribution in [3.05, 3.63) is 54.1 Å². The van der Waals surface area contributed by atoms with Crippen molar-refractivity contribution in [2.45, 2.75) is 26.2 Å². The first-order chi connectivity index (χ1) is 14.6. The number of hydrogen-bond donors (Lipinski definition) is 2. The zero-order valence-electron chi connectivity index (χ0n) is 17.6. The van der Waals surface area contributed by atoms with Gasteiger partial charge in [0.05, 0.1) is 0 Å². The van der Waals surface area contributed by atoms with Gasteiger partial charge in [-0.15, -0.1) is 0 Å². The van der Waals surface area contributed by atoms with Gasteiger partial charge >= 0.3 is 0 Å². The van der Waals surface area contributed by atoms with Crippen LogP contribution >= 0.6 is 0 Å². The van der Waals surface area contributed by atoms with E-state index in [9.17, 15) is 9.59 Å². The van der Waals surface area contributed by atoms with Crippen molar-refractivity contribution in [1.82, 2.24) is 4.90 Å². The lowest BCUT2D eigenvalue weighted by molar-refractivity contribution is -0.121. The normalized spacial score (nSPS) is 19.2. The molecule has 2 aliphatic rings. The average Bonchev–Trinajstić information content (AvgIpc) is 2.78. The Kier molecular flexibility index (Phi) is 6.33. The molecule has 4 rings (SSSR count). The lowest BCUT2D eigenvalue weighted by Crippen LogP contribution is -2.46. The van der Waals surface area contributed by atoms with Crippen LogP contribution in [-0.4, -0.2) is 49.4 Å². The summed E-state index contributed by atoms with van der Waals surface area (Å²) in [6.07, 6.45) is 1.57. The summed E-state index contributed by atoms with van der Waals surface area (Å²) in [5, 5.41) is 5.91. The molecule has 30 heavy (non-hydrogen) atoms. The monoisotopic (exact) mass is 406 g/mol. The molecule has 0 aromatic heterocycles. The second-order valence-corrected chi connectivity index (χ2v) is 8.10. The van der Waals surface area contributed by atoms with E-state index in [4.69, 9.17) is 0 Å². The fourth-order valence-electron chi connectivity index (χ4n) is 4.25. The van der Waals surface area contributed by atoms with E-state index in [1.165, 1.54) is 5.69 Å². The van der Waals surface area contributed by atoms with E-state index in [1.807, 2.05) is 36.4 Å². The number of para-hydroxylation sites is 1. The summed E-state index contributed by atoms with van der Waals surface area (Å²) in [5.41, 5.74) is 4.02. The molecule has 6 heteroatoms. The number of fused-ring (bicyclic) bond motifs is 1. The van der Waals surface area contributed by atoms with Crippen LogP contribution in [0.2, 0.25) is 0 Å². The fraction of sp³-hybridized carbons (Fsp3) is 0.417. The van der Waals surface area contributed by atoms with Crippen molar-refractivity contribution in [2.24, 2.45) is 5.92 Å². The minimum atomic E-state index is -0.158. The molecule has 6 nitrogen and oxygen atoms in total. The highest BCUT2D eigenvalue weighted by atomic mass is 16.2. The first-order valence-electron chi connectivity index (χ1n) is 10.9. The van der Waals surface area contributed by atoms with Gasteiger partial charge in [-0.25, -0.2) is 0 Å². The van der Waals surface area contributed by atoms with Gasteiger partial charge in [0, 0.05) is 55.6 Å². The summed E-state index contributed by atoms with van der Waals surface area (Å²) in [4.78, 5) is 29.5. The molecule has 1 unspecified atom stereocenters. The summed E-state index contributed by atoms with van der Waals surface area (Å²) in [7, 11) is 0. The Morgan fingerprint density at radius 2 is 1.80 bits per heavy atom. The van der Waals surface area contributed by atoms with E-state index in [0.29, 0.717) is 19.3 Å². The van der Waals surface area contributed by atoms with Crippen molar-refractivity contribution in [2.75, 3.05) is 48.3 Å². The lowest BCUT2D eigenvalue weighted by Gasteiger charge is -2.35. The van der Waals surface area contributed by atoms with Gasteiger partial charge in [-0.05, 0) is 55.3 Å². The van der Waals surface area contributed by atoms with E-state index in [1.54, 1.807) is 0 Å². The molecule has 2 amide bonds. The van der Waals surface area contributed by atoms with Crippen molar-refractivity contribution in [3.8, 4) is 0 Å². The third-order valence-corrected chi connectivity index (χ3v) is 6.17. The molecule has 1 fully saturated rings. The van der Waals surface area contributed by atoms with Crippen LogP contribution in [0.1, 0.15) is 25.3 Å². The number of nitrogens with zero attached hydrogens (tertiary/aromatic N) is 2. The number of rotatable bonds is 6. The molecule has 0 radical (unpaired) electrons. The average molecular weight is 407 g/mol. The summed E-state index contributed by atoms with van der Waals surface area (Å²) < 4.78 is 0. The third-order valence-electron chi connectivity index (χ3n) is 6.17. The highest BCUT2D eigenvalue weighted by Gasteiger charge is 2.26. The number of carbonyl (C=O) groups excluding carboxylic acids is 2. The number of hydrogen-bond acceptors (Lipinski definition) is 4. The maximum Gasteiger partial charge on any atom is 0.227 e. The zero-order valence-corrected chi connectivity index (χ0v) is 17.6. The molecule has 0 spiro atoms. The van der Waals surface area contributed by atoms with Crippen LogP contribution in [0.3, 0.4) is 0 Å². The molecule has 2 N–H and O–H groups in total. The Morgan fingerprint density at radius 3 is 2.53 bits per heavy atom. The smallest absolute Gasteiger partial charge is 0.227 e. The second kappa shape index (κ2) is 9.30. The molecule has 2 aromatic rings. The highest BCUT2D eigenvalue weighted by molar-refractivity contribution is 5.96. The fourth-order valence-corrected chi connectivity index (χ4v) is 4.25. The van der Waals surface area contributed by atoms with E-state index in [-0.39, 0.29) is 17.7 Å². The van der Waals surface area contributed by atoms with Crippen molar-refractivity contribution in [3.63, 3.8) is 0 Å². The lowest BCUT2D eigenvalue weighted by atomic mass is 9.89. The Hall–Kier alpha value is -2.86. The van der Waals surface area contributed by atoms with Crippen LogP contribution in [0.25, 0.3) is 0 Å². The van der Waals surface area contributed by atoms with Crippen molar-refractivity contribution < 1.29 is 9.59 Å². The van der Waals surface area contributed by atoms with Crippen LogP contribution in [-0.2, 0) is 16.0 Å². The van der Waals surface area contributed by atoms with E-state index in [0.717, 1.165) is 49.7 Å². The number of likely N-dealkylation sites (N-methyl/N-ethyl adjacent to an activating group) is 1. The molecular weight excluding hydrogens is 376 g/mol. The van der Waals surface area contributed by atoms with Gasteiger partial charge in [-0.1, -0.05) is 25.1 Å². The molecule has 0 saturated carbocycles. The Labute approximate surface area is 178 Å². The quantitative estimate of drug-likeness (QED) is 0.772. The van der Waals surface area contributed by atoms with Gasteiger partial charge in [-0.3, -0.25) is 9.59 Å². The van der Waals surface area contributed by atoms with Crippen LogP contribution in [0.5, 0.6) is 0 Å². The van der Waals surface area contributed by atoms with Gasteiger partial charge in [0.2, 0.25) is 11.8 Å². The van der Waals surface area contributed by atoms with Crippen molar-refractivity contribution >= 4 is 28.9 Å². The van der Waals surface area contributed by atoms with Gasteiger partial charge in [0.25, 0.3) is 0 Å². The molecule has 2 aliphatic heterocycles. The number of benzene rings is 2. The summed E-state index contributed by atoms with van der Waals surface area (Å²) in [6.45, 7) is 7.56. The summed E-state index contributed by atoms with van der Waals surface area (Å²) in [5.74, 6) is -0.199. The number of nitrogens with one attached hydrogen (secondary N) is 2. The Morgan fingerprint density at radius 1 is 1.07 bits per heavy atom. The van der Waals surface area contributed by atoms with Gasteiger partial charge < -0.3 is 20.4 Å². The van der Waals surface area contributed by atoms with E-state index in [2.05, 4.69) is 39.5 Å². The maximum absolute atomic E-state index is 12.4. The molecule has 1 saturated heterocycles. The number of carbonyl (C=O) groups is 2. The van der Waals surface area contributed by atoms with Gasteiger partial charge in [0.1, 0.15) is 0 Å². The SMILES string of the molecule is CCN1CCN(c2ccc(NC(=O)CCC3Cc4ccccc4NC3=O)cc2)CC1. The minimum absolute atomic E-state index is 0.00835. The predicted octanol–water partition coefficient (Wildman–Crippen LogP) is 3.36. The topological polar surface area (TPSA) is 64.7 Å². The van der Waals surface area contributed by atoms with Gasteiger partial charge in [0.15, 0.2) is 0 Å². The highest BCUT2D eigenvalue weighted by Crippen LogP contribution is 2.27. The number of anilines is 3. The Bertz CT molecular complexity index is 888. The Balaban J connectivity index is 1.26. The van der Waals surface area contributed by atoms with Gasteiger partial charge in [-0.2, -0.15) is 0 Å². The van der Waals surface area contributed by atoms with E-state index >= 15 is 0 Å². The molecule has 2 aromatic carbocycles. The number of piperazine rings is 1. The molecule has 2 heterocycles. The maximum atomic E-state index is 12.4. The molecule has 0 aliphatic carbocycles. The second-order valence-electron chi connectivity index (χ2n) is 8.10.